The van der Waals surface area contributed by atoms with Crippen molar-refractivity contribution in [3.8, 4) is 5.75 Å². The fourth-order valence-electron chi connectivity index (χ4n) is 2.00. The monoisotopic (exact) mass is 218 g/mol. The van der Waals surface area contributed by atoms with Crippen molar-refractivity contribution in [2.45, 2.75) is 25.9 Å². The van der Waals surface area contributed by atoms with Crippen LogP contribution in [0.4, 0.5) is 0 Å². The van der Waals surface area contributed by atoms with Crippen molar-refractivity contribution < 1.29 is 4.74 Å². The van der Waals surface area contributed by atoms with Crippen LogP contribution in [0.25, 0.3) is 0 Å². The van der Waals surface area contributed by atoms with Crippen molar-refractivity contribution in [1.29, 1.82) is 5.41 Å². The van der Waals surface area contributed by atoms with Gasteiger partial charge in [0.2, 0.25) is 0 Å². The Hall–Kier alpha value is -1.51. The lowest BCUT2D eigenvalue weighted by Gasteiger charge is -2.32. The summed E-state index contributed by atoms with van der Waals surface area (Å²) in [5, 5.41) is 7.56. The first-order chi connectivity index (χ1) is 7.75. The lowest BCUT2D eigenvalue weighted by molar-refractivity contribution is 0.130. The first kappa shape index (κ1) is 11.0. The molecule has 0 aromatic heterocycles. The highest BCUT2D eigenvalue weighted by molar-refractivity contribution is 5.76. The zero-order valence-corrected chi connectivity index (χ0v) is 9.65. The molecular weight excluding hydrogens is 200 g/mol. The van der Waals surface area contributed by atoms with Crippen LogP contribution in [0.15, 0.2) is 30.3 Å². The maximum absolute atomic E-state index is 7.56. The van der Waals surface area contributed by atoms with Gasteiger partial charge in [-0.15, -0.1) is 0 Å². The van der Waals surface area contributed by atoms with E-state index < -0.39 is 0 Å². The van der Waals surface area contributed by atoms with Crippen molar-refractivity contribution >= 4 is 5.84 Å². The normalized spacial score (nSPS) is 17.2. The Labute approximate surface area is 96.5 Å². The molecule has 1 heterocycles. The van der Waals surface area contributed by atoms with Crippen LogP contribution in [0.1, 0.15) is 19.8 Å². The number of hydrogen-bond acceptors (Lipinski definition) is 2. The summed E-state index contributed by atoms with van der Waals surface area (Å²) in [4.78, 5) is 2.10. The predicted molar refractivity (Wildman–Crippen MR) is 65.1 cm³/mol. The molecule has 1 aliphatic heterocycles. The van der Waals surface area contributed by atoms with Crippen molar-refractivity contribution in [3.63, 3.8) is 0 Å². The van der Waals surface area contributed by atoms with E-state index in [4.69, 9.17) is 10.1 Å². The smallest absolute Gasteiger partial charge is 0.119 e. The van der Waals surface area contributed by atoms with E-state index in [2.05, 4.69) is 4.90 Å². The number of benzene rings is 1. The minimum absolute atomic E-state index is 0.304. The first-order valence-electron chi connectivity index (χ1n) is 5.77. The van der Waals surface area contributed by atoms with E-state index in [-0.39, 0.29) is 0 Å². The van der Waals surface area contributed by atoms with Gasteiger partial charge in [0.25, 0.3) is 0 Å². The van der Waals surface area contributed by atoms with Gasteiger partial charge in [0.15, 0.2) is 0 Å². The van der Waals surface area contributed by atoms with Crippen LogP contribution >= 0.6 is 0 Å². The standard InChI is InChI=1S/C13H18N2O/c1-11(14)15-9-7-13(8-10-15)16-12-5-3-2-4-6-12/h2-6,13-14H,7-10H2,1H3. The molecule has 1 aromatic rings. The quantitative estimate of drug-likeness (QED) is 0.611. The molecule has 0 unspecified atom stereocenters. The minimum atomic E-state index is 0.304. The molecule has 1 aromatic carbocycles. The number of nitrogens with zero attached hydrogens (tertiary/aromatic N) is 1. The highest BCUT2D eigenvalue weighted by Crippen LogP contribution is 2.18. The molecule has 0 radical (unpaired) electrons. The van der Waals surface area contributed by atoms with Crippen LogP contribution in [0, 0.1) is 5.41 Å². The fraction of sp³-hybridized carbons (Fsp3) is 0.462. The Morgan fingerprint density at radius 2 is 1.88 bits per heavy atom. The Morgan fingerprint density at radius 1 is 1.25 bits per heavy atom. The van der Waals surface area contributed by atoms with Crippen LogP contribution in [-0.4, -0.2) is 29.9 Å². The highest BCUT2D eigenvalue weighted by atomic mass is 16.5. The average molecular weight is 218 g/mol. The largest absolute Gasteiger partial charge is 0.490 e. The van der Waals surface area contributed by atoms with E-state index in [9.17, 15) is 0 Å². The molecule has 1 N–H and O–H groups in total. The number of likely N-dealkylation sites (tertiary alicyclic amines) is 1. The van der Waals surface area contributed by atoms with Gasteiger partial charge >= 0.3 is 0 Å². The number of nitrogens with one attached hydrogen (secondary N) is 1. The van der Waals surface area contributed by atoms with Crippen molar-refractivity contribution in [3.05, 3.63) is 30.3 Å². The molecule has 1 saturated heterocycles. The second-order valence-electron chi connectivity index (χ2n) is 4.20. The number of rotatable bonds is 2. The van der Waals surface area contributed by atoms with Crippen molar-refractivity contribution in [1.82, 2.24) is 4.90 Å². The van der Waals surface area contributed by atoms with Crippen molar-refractivity contribution in [2.75, 3.05) is 13.1 Å². The molecule has 3 heteroatoms. The third-order valence-electron chi connectivity index (χ3n) is 2.96. The summed E-state index contributed by atoms with van der Waals surface area (Å²) in [6, 6.07) is 9.97. The average Bonchev–Trinajstić information content (AvgIpc) is 2.31. The molecule has 1 fully saturated rings. The SMILES string of the molecule is CC(=N)N1CCC(Oc2ccccc2)CC1. The van der Waals surface area contributed by atoms with Gasteiger partial charge in [-0.2, -0.15) is 0 Å². The van der Waals surface area contributed by atoms with Crippen LogP contribution in [-0.2, 0) is 0 Å². The zero-order chi connectivity index (χ0) is 11.4. The number of hydrogen-bond donors (Lipinski definition) is 1. The van der Waals surface area contributed by atoms with Crippen LogP contribution in [0.3, 0.4) is 0 Å². The minimum Gasteiger partial charge on any atom is -0.490 e. The number of para-hydroxylation sites is 1. The Morgan fingerprint density at radius 3 is 2.44 bits per heavy atom. The lowest BCUT2D eigenvalue weighted by atomic mass is 10.1. The molecule has 2 rings (SSSR count). The van der Waals surface area contributed by atoms with Gasteiger partial charge < -0.3 is 9.64 Å². The molecule has 3 nitrogen and oxygen atoms in total. The van der Waals surface area contributed by atoms with Crippen LogP contribution in [0.2, 0.25) is 0 Å². The molecule has 1 aliphatic rings. The van der Waals surface area contributed by atoms with E-state index in [1.165, 1.54) is 0 Å². The third kappa shape index (κ3) is 2.75. The molecule has 0 spiro atoms. The topological polar surface area (TPSA) is 36.3 Å². The zero-order valence-electron chi connectivity index (χ0n) is 9.65. The van der Waals surface area contributed by atoms with E-state index >= 15 is 0 Å². The van der Waals surface area contributed by atoms with Gasteiger partial charge in [-0.3, -0.25) is 5.41 Å². The number of amidine groups is 1. The summed E-state index contributed by atoms with van der Waals surface area (Å²) < 4.78 is 5.89. The molecule has 0 aliphatic carbocycles. The first-order valence-corrected chi connectivity index (χ1v) is 5.77. The summed E-state index contributed by atoms with van der Waals surface area (Å²) in [7, 11) is 0. The van der Waals surface area contributed by atoms with Crippen LogP contribution < -0.4 is 4.74 Å². The third-order valence-corrected chi connectivity index (χ3v) is 2.96. The molecule has 0 saturated carbocycles. The predicted octanol–water partition coefficient (Wildman–Crippen LogP) is 2.53. The van der Waals surface area contributed by atoms with E-state index in [1.807, 2.05) is 37.3 Å². The van der Waals surface area contributed by atoms with Gasteiger partial charge in [0.05, 0.1) is 5.84 Å². The summed E-state index contributed by atoms with van der Waals surface area (Å²) in [6.45, 7) is 3.72. The van der Waals surface area contributed by atoms with E-state index in [1.54, 1.807) is 0 Å². The summed E-state index contributed by atoms with van der Waals surface area (Å²) in [5.74, 6) is 1.62. The van der Waals surface area contributed by atoms with Gasteiger partial charge in [0, 0.05) is 25.9 Å². The second-order valence-corrected chi connectivity index (χ2v) is 4.20. The molecule has 0 atom stereocenters. The fourth-order valence-corrected chi connectivity index (χ4v) is 2.00. The molecular formula is C13H18N2O. The van der Waals surface area contributed by atoms with Crippen LogP contribution in [0.5, 0.6) is 5.75 Å². The summed E-state index contributed by atoms with van der Waals surface area (Å²) in [5.41, 5.74) is 0. The van der Waals surface area contributed by atoms with Gasteiger partial charge in [-0.05, 0) is 19.1 Å². The summed E-state index contributed by atoms with van der Waals surface area (Å²) in [6.07, 6.45) is 2.31. The molecule has 86 valence electrons. The number of piperidine rings is 1. The maximum atomic E-state index is 7.56. The Bertz CT molecular complexity index is 342. The molecule has 0 bridgehead atoms. The molecule has 0 amide bonds. The Kier molecular flexibility index (Phi) is 3.44. The number of ether oxygens (including phenoxy) is 1. The Balaban J connectivity index is 1.84. The molecule has 16 heavy (non-hydrogen) atoms. The lowest BCUT2D eigenvalue weighted by Crippen LogP contribution is -2.40. The maximum Gasteiger partial charge on any atom is 0.119 e. The second kappa shape index (κ2) is 5.01. The summed E-state index contributed by atoms with van der Waals surface area (Å²) >= 11 is 0. The van der Waals surface area contributed by atoms with E-state index in [0.29, 0.717) is 11.9 Å². The van der Waals surface area contributed by atoms with Gasteiger partial charge in [0.1, 0.15) is 11.9 Å². The van der Waals surface area contributed by atoms with E-state index in [0.717, 1.165) is 31.7 Å². The van der Waals surface area contributed by atoms with Gasteiger partial charge in [-0.1, -0.05) is 18.2 Å². The van der Waals surface area contributed by atoms with Crippen molar-refractivity contribution in [2.24, 2.45) is 0 Å². The highest BCUT2D eigenvalue weighted by Gasteiger charge is 2.20. The van der Waals surface area contributed by atoms with Gasteiger partial charge in [-0.25, -0.2) is 0 Å².